The fourth-order valence-corrected chi connectivity index (χ4v) is 2.14. The molecule has 0 aliphatic carbocycles. The molecule has 4 nitrogen and oxygen atoms in total. The molecule has 0 unspecified atom stereocenters. The Morgan fingerprint density at radius 1 is 1.28 bits per heavy atom. The lowest BCUT2D eigenvalue weighted by atomic mass is 9.97. The topological polar surface area (TPSA) is 52.6 Å². The summed E-state index contributed by atoms with van der Waals surface area (Å²) >= 11 is 0. The van der Waals surface area contributed by atoms with E-state index in [0.717, 1.165) is 5.56 Å². The fourth-order valence-electron chi connectivity index (χ4n) is 2.14. The number of Topliss-reactive ketones (excluding diaryl/α,β-unsaturated/α-hetero) is 1. The molecule has 4 heteroatoms. The standard InChI is InChI=1S/C14H16O4/c1-9-7-12(15)8-13(18-9)10-3-5-11(6-4-10)14(16)17-2/h3-6,9,13H,7-8H2,1-2H3/t9-,13-/m1/s1. The van der Waals surface area contributed by atoms with Gasteiger partial charge in [0.05, 0.1) is 24.9 Å². The van der Waals surface area contributed by atoms with Crippen LogP contribution in [0.5, 0.6) is 0 Å². The van der Waals surface area contributed by atoms with Gasteiger partial charge in [0.1, 0.15) is 5.78 Å². The predicted molar refractivity (Wildman–Crippen MR) is 65.3 cm³/mol. The van der Waals surface area contributed by atoms with Crippen LogP contribution < -0.4 is 0 Å². The lowest BCUT2D eigenvalue weighted by Crippen LogP contribution is -2.26. The summed E-state index contributed by atoms with van der Waals surface area (Å²) in [6, 6.07) is 6.99. The smallest absolute Gasteiger partial charge is 0.337 e. The number of rotatable bonds is 2. The molecule has 2 atom stereocenters. The van der Waals surface area contributed by atoms with Crippen molar-refractivity contribution in [3.05, 3.63) is 35.4 Å². The molecule has 0 N–H and O–H groups in total. The van der Waals surface area contributed by atoms with E-state index in [1.165, 1.54) is 7.11 Å². The van der Waals surface area contributed by atoms with E-state index in [1.54, 1.807) is 12.1 Å². The lowest BCUT2D eigenvalue weighted by Gasteiger charge is -2.27. The minimum absolute atomic E-state index is 0.0449. The molecule has 1 aromatic rings. The average molecular weight is 248 g/mol. The molecule has 0 spiro atoms. The van der Waals surface area contributed by atoms with Gasteiger partial charge in [-0.05, 0) is 24.6 Å². The van der Waals surface area contributed by atoms with Crippen molar-refractivity contribution in [2.45, 2.75) is 32.0 Å². The molecule has 1 saturated heterocycles. The first-order valence-corrected chi connectivity index (χ1v) is 5.95. The number of ether oxygens (including phenoxy) is 2. The Kier molecular flexibility index (Phi) is 3.77. The summed E-state index contributed by atoms with van der Waals surface area (Å²) in [5.74, 6) is -0.147. The van der Waals surface area contributed by atoms with E-state index < -0.39 is 0 Å². The molecule has 0 radical (unpaired) electrons. The van der Waals surface area contributed by atoms with Gasteiger partial charge in [0, 0.05) is 12.8 Å². The molecular formula is C14H16O4. The van der Waals surface area contributed by atoms with Crippen LogP contribution in [0.4, 0.5) is 0 Å². The third-order valence-electron chi connectivity index (χ3n) is 3.03. The van der Waals surface area contributed by atoms with E-state index in [-0.39, 0.29) is 24.0 Å². The van der Waals surface area contributed by atoms with Crippen molar-refractivity contribution in [3.63, 3.8) is 0 Å². The summed E-state index contributed by atoms with van der Waals surface area (Å²) in [6.45, 7) is 1.90. The van der Waals surface area contributed by atoms with Crippen molar-refractivity contribution in [2.24, 2.45) is 0 Å². The number of methoxy groups -OCH3 is 1. The summed E-state index contributed by atoms with van der Waals surface area (Å²) < 4.78 is 10.4. The number of ketones is 1. The van der Waals surface area contributed by atoms with Gasteiger partial charge in [0.2, 0.25) is 0 Å². The second-order valence-corrected chi connectivity index (χ2v) is 4.50. The Morgan fingerprint density at radius 2 is 1.94 bits per heavy atom. The molecule has 1 heterocycles. The van der Waals surface area contributed by atoms with Crippen LogP contribution in [-0.4, -0.2) is 25.0 Å². The fraction of sp³-hybridized carbons (Fsp3) is 0.429. The van der Waals surface area contributed by atoms with Gasteiger partial charge in [-0.1, -0.05) is 12.1 Å². The lowest BCUT2D eigenvalue weighted by molar-refractivity contribution is -0.134. The molecule has 0 amide bonds. The Morgan fingerprint density at radius 3 is 2.50 bits per heavy atom. The Hall–Kier alpha value is -1.68. The van der Waals surface area contributed by atoms with Crippen LogP contribution in [-0.2, 0) is 14.3 Å². The second-order valence-electron chi connectivity index (χ2n) is 4.50. The molecule has 18 heavy (non-hydrogen) atoms. The van der Waals surface area contributed by atoms with E-state index in [1.807, 2.05) is 19.1 Å². The van der Waals surface area contributed by atoms with Crippen LogP contribution in [0.2, 0.25) is 0 Å². The molecule has 96 valence electrons. The molecule has 0 aromatic heterocycles. The van der Waals surface area contributed by atoms with Crippen molar-refractivity contribution >= 4 is 11.8 Å². The SMILES string of the molecule is COC(=O)c1ccc([C@H]2CC(=O)C[C@@H](C)O2)cc1. The maximum absolute atomic E-state index is 11.5. The molecule has 1 aliphatic heterocycles. The number of carbonyl (C=O) groups excluding carboxylic acids is 2. The first-order chi connectivity index (χ1) is 8.60. The van der Waals surface area contributed by atoms with E-state index in [2.05, 4.69) is 4.74 Å². The third-order valence-corrected chi connectivity index (χ3v) is 3.03. The van der Waals surface area contributed by atoms with E-state index in [9.17, 15) is 9.59 Å². The molecule has 2 rings (SSSR count). The third kappa shape index (κ3) is 2.76. The number of carbonyl (C=O) groups is 2. The average Bonchev–Trinajstić information content (AvgIpc) is 2.37. The minimum Gasteiger partial charge on any atom is -0.465 e. The van der Waals surface area contributed by atoms with Crippen LogP contribution in [0.25, 0.3) is 0 Å². The Balaban J connectivity index is 2.14. The van der Waals surface area contributed by atoms with Gasteiger partial charge in [-0.3, -0.25) is 4.79 Å². The quantitative estimate of drug-likeness (QED) is 0.753. The summed E-state index contributed by atoms with van der Waals surface area (Å²) in [5, 5.41) is 0. The predicted octanol–water partition coefficient (Wildman–Crippen LogP) is 2.28. The van der Waals surface area contributed by atoms with Gasteiger partial charge in [0.15, 0.2) is 0 Å². The van der Waals surface area contributed by atoms with E-state index >= 15 is 0 Å². The van der Waals surface area contributed by atoms with Gasteiger partial charge in [-0.15, -0.1) is 0 Å². The van der Waals surface area contributed by atoms with Crippen LogP contribution in [0.3, 0.4) is 0 Å². The second kappa shape index (κ2) is 5.31. The number of esters is 1. The summed E-state index contributed by atoms with van der Waals surface area (Å²) in [5.41, 5.74) is 1.42. The zero-order valence-corrected chi connectivity index (χ0v) is 10.5. The van der Waals surface area contributed by atoms with Crippen molar-refractivity contribution in [1.82, 2.24) is 0 Å². The van der Waals surface area contributed by atoms with Crippen LogP contribution >= 0.6 is 0 Å². The van der Waals surface area contributed by atoms with Crippen LogP contribution in [0, 0.1) is 0 Å². The highest BCUT2D eigenvalue weighted by molar-refractivity contribution is 5.89. The molecule has 0 saturated carbocycles. The number of benzene rings is 1. The van der Waals surface area contributed by atoms with Crippen LogP contribution in [0.1, 0.15) is 41.8 Å². The van der Waals surface area contributed by atoms with Crippen LogP contribution in [0.15, 0.2) is 24.3 Å². The highest BCUT2D eigenvalue weighted by Gasteiger charge is 2.26. The minimum atomic E-state index is -0.365. The number of hydrogen-bond donors (Lipinski definition) is 0. The van der Waals surface area contributed by atoms with Crippen molar-refractivity contribution < 1.29 is 19.1 Å². The van der Waals surface area contributed by atoms with Gasteiger partial charge < -0.3 is 9.47 Å². The maximum Gasteiger partial charge on any atom is 0.337 e. The van der Waals surface area contributed by atoms with E-state index in [4.69, 9.17) is 4.74 Å². The highest BCUT2D eigenvalue weighted by Crippen LogP contribution is 2.29. The molecule has 0 bridgehead atoms. The normalized spacial score (nSPS) is 23.8. The van der Waals surface area contributed by atoms with Gasteiger partial charge >= 0.3 is 5.97 Å². The zero-order valence-electron chi connectivity index (χ0n) is 10.5. The Bertz CT molecular complexity index is 449. The van der Waals surface area contributed by atoms with Gasteiger partial charge in [-0.25, -0.2) is 4.79 Å². The van der Waals surface area contributed by atoms with Gasteiger partial charge in [-0.2, -0.15) is 0 Å². The molecule has 1 aromatic carbocycles. The van der Waals surface area contributed by atoms with Gasteiger partial charge in [0.25, 0.3) is 0 Å². The maximum atomic E-state index is 11.5. The number of hydrogen-bond acceptors (Lipinski definition) is 4. The summed E-state index contributed by atoms with van der Waals surface area (Å²) in [6.07, 6.45) is 0.642. The molecule has 1 fully saturated rings. The molecule has 1 aliphatic rings. The first-order valence-electron chi connectivity index (χ1n) is 5.95. The zero-order chi connectivity index (χ0) is 13.1. The largest absolute Gasteiger partial charge is 0.465 e. The first kappa shape index (κ1) is 12.8. The van der Waals surface area contributed by atoms with E-state index in [0.29, 0.717) is 18.4 Å². The monoisotopic (exact) mass is 248 g/mol. The summed E-state index contributed by atoms with van der Waals surface area (Å²) in [7, 11) is 1.35. The summed E-state index contributed by atoms with van der Waals surface area (Å²) in [4.78, 5) is 22.8. The highest BCUT2D eigenvalue weighted by atomic mass is 16.5. The van der Waals surface area contributed by atoms with Crippen molar-refractivity contribution in [3.8, 4) is 0 Å². The van der Waals surface area contributed by atoms with Crippen molar-refractivity contribution in [1.29, 1.82) is 0 Å². The van der Waals surface area contributed by atoms with Crippen molar-refractivity contribution in [2.75, 3.05) is 7.11 Å². The Labute approximate surface area is 106 Å². The molecular weight excluding hydrogens is 232 g/mol.